The maximum absolute atomic E-state index is 13.1. The van der Waals surface area contributed by atoms with Crippen molar-refractivity contribution >= 4 is 5.78 Å². The molecule has 174 valence electrons. The second-order valence-electron chi connectivity index (χ2n) is 8.36. The molecule has 2 unspecified atom stereocenters. The van der Waals surface area contributed by atoms with Crippen molar-refractivity contribution in [3.8, 4) is 11.5 Å². The van der Waals surface area contributed by atoms with Gasteiger partial charge in [-0.1, -0.05) is 66.7 Å². The van der Waals surface area contributed by atoms with Crippen molar-refractivity contribution in [2.75, 3.05) is 28.3 Å². The summed E-state index contributed by atoms with van der Waals surface area (Å²) in [5, 5.41) is 0. The Hall–Kier alpha value is -3.15. The average Bonchev–Trinajstić information content (AvgIpc) is 2.83. The lowest BCUT2D eigenvalue weighted by Crippen LogP contribution is -2.47. The summed E-state index contributed by atoms with van der Waals surface area (Å²) in [5.41, 5.74) is 3.23. The molecule has 0 fully saturated rings. The quantitative estimate of drug-likeness (QED) is 0.416. The largest absolute Gasteiger partial charge is 0.496 e. The van der Waals surface area contributed by atoms with E-state index in [9.17, 15) is 4.79 Å². The van der Waals surface area contributed by atoms with Crippen LogP contribution in [0.15, 0.2) is 78.9 Å². The Morgan fingerprint density at radius 3 is 1.67 bits per heavy atom. The van der Waals surface area contributed by atoms with Crippen LogP contribution in [0.5, 0.6) is 11.5 Å². The maximum Gasteiger partial charge on any atom is 0.148 e. The van der Waals surface area contributed by atoms with Crippen molar-refractivity contribution in [2.45, 2.75) is 32.1 Å². The van der Waals surface area contributed by atoms with Crippen molar-refractivity contribution in [1.82, 2.24) is 9.80 Å². The Bertz CT molecular complexity index is 1040. The highest BCUT2D eigenvalue weighted by Crippen LogP contribution is 2.31. The van der Waals surface area contributed by atoms with Gasteiger partial charge in [0.2, 0.25) is 0 Å². The summed E-state index contributed by atoms with van der Waals surface area (Å²) in [6, 6.07) is 25.7. The van der Waals surface area contributed by atoms with Gasteiger partial charge >= 0.3 is 0 Å². The smallest absolute Gasteiger partial charge is 0.148 e. The van der Waals surface area contributed by atoms with Crippen LogP contribution in [-0.4, -0.2) is 49.9 Å². The fourth-order valence-electron chi connectivity index (χ4n) is 4.50. The molecule has 3 rings (SSSR count). The van der Waals surface area contributed by atoms with Gasteiger partial charge in [-0.25, -0.2) is 0 Å². The van der Waals surface area contributed by atoms with Crippen molar-refractivity contribution in [3.05, 3.63) is 95.6 Å². The van der Waals surface area contributed by atoms with E-state index in [2.05, 4.69) is 35.0 Å². The van der Waals surface area contributed by atoms with Gasteiger partial charge in [-0.15, -0.1) is 0 Å². The molecule has 33 heavy (non-hydrogen) atoms. The Morgan fingerprint density at radius 1 is 0.727 bits per heavy atom. The fraction of sp³-hybridized carbons (Fsp3) is 0.321. The van der Waals surface area contributed by atoms with Gasteiger partial charge in [-0.2, -0.15) is 0 Å². The van der Waals surface area contributed by atoms with Crippen LogP contribution in [0.25, 0.3) is 0 Å². The topological polar surface area (TPSA) is 42.0 Å². The van der Waals surface area contributed by atoms with Crippen molar-refractivity contribution in [3.63, 3.8) is 0 Å². The summed E-state index contributed by atoms with van der Waals surface area (Å²) >= 11 is 0. The summed E-state index contributed by atoms with van der Waals surface area (Å²) in [4.78, 5) is 17.5. The molecule has 0 radical (unpaired) electrons. The lowest BCUT2D eigenvalue weighted by Gasteiger charge is -2.39. The summed E-state index contributed by atoms with van der Waals surface area (Å²) in [5.74, 6) is 1.79. The Balaban J connectivity index is 1.97. The first-order chi connectivity index (χ1) is 16.0. The number of para-hydroxylation sites is 2. The molecule has 3 aromatic carbocycles. The molecule has 0 aromatic heterocycles. The van der Waals surface area contributed by atoms with Crippen LogP contribution in [0, 0.1) is 0 Å². The lowest BCUT2D eigenvalue weighted by atomic mass is 9.93. The van der Waals surface area contributed by atoms with E-state index in [1.165, 1.54) is 0 Å². The van der Waals surface area contributed by atoms with Crippen LogP contribution in [0.1, 0.15) is 29.7 Å². The molecule has 0 saturated carbocycles. The minimum Gasteiger partial charge on any atom is -0.496 e. The number of hydrogen-bond donors (Lipinski definition) is 0. The molecule has 0 saturated heterocycles. The van der Waals surface area contributed by atoms with Crippen molar-refractivity contribution in [2.24, 2.45) is 0 Å². The van der Waals surface area contributed by atoms with Crippen LogP contribution >= 0.6 is 0 Å². The zero-order chi connectivity index (χ0) is 23.8. The van der Waals surface area contributed by atoms with Gasteiger partial charge in [0.25, 0.3) is 0 Å². The number of carbonyl (C=O) groups excluding carboxylic acids is 1. The van der Waals surface area contributed by atoms with E-state index in [-0.39, 0.29) is 17.9 Å². The van der Waals surface area contributed by atoms with Crippen LogP contribution in [0.3, 0.4) is 0 Å². The third-order valence-corrected chi connectivity index (χ3v) is 6.03. The summed E-state index contributed by atoms with van der Waals surface area (Å²) < 4.78 is 11.1. The Morgan fingerprint density at radius 2 is 1.18 bits per heavy atom. The number of rotatable bonds is 11. The predicted molar refractivity (Wildman–Crippen MR) is 133 cm³/mol. The van der Waals surface area contributed by atoms with Gasteiger partial charge in [-0.05, 0) is 38.7 Å². The van der Waals surface area contributed by atoms with Gasteiger partial charge in [0.05, 0.1) is 26.3 Å². The molecule has 5 heteroatoms. The molecule has 0 spiro atoms. The molecule has 2 atom stereocenters. The first-order valence-electron chi connectivity index (χ1n) is 11.2. The minimum atomic E-state index is -0.350. The molecule has 0 bridgehead atoms. The summed E-state index contributed by atoms with van der Waals surface area (Å²) in [7, 11) is 7.43. The summed E-state index contributed by atoms with van der Waals surface area (Å²) in [6.07, 6.45) is 0. The van der Waals surface area contributed by atoms with E-state index in [1.807, 2.05) is 67.7 Å². The average molecular weight is 447 g/mol. The molecule has 0 aliphatic carbocycles. The minimum absolute atomic E-state index is 0.119. The number of hydrogen-bond acceptors (Lipinski definition) is 5. The number of ketones is 1. The number of carbonyl (C=O) groups is 1. The zero-order valence-corrected chi connectivity index (χ0v) is 20.2. The Labute approximate surface area is 197 Å². The number of nitrogens with zero attached hydrogens (tertiary/aromatic N) is 2. The zero-order valence-electron chi connectivity index (χ0n) is 20.2. The van der Waals surface area contributed by atoms with E-state index in [0.717, 1.165) is 28.2 Å². The third kappa shape index (κ3) is 6.01. The summed E-state index contributed by atoms with van der Waals surface area (Å²) in [6.45, 7) is 2.92. The molecular formula is C28H34N2O3. The van der Waals surface area contributed by atoms with Gasteiger partial charge in [-0.3, -0.25) is 14.6 Å². The van der Waals surface area contributed by atoms with E-state index in [0.29, 0.717) is 13.1 Å². The molecular weight excluding hydrogens is 412 g/mol. The third-order valence-electron chi connectivity index (χ3n) is 6.03. The molecule has 0 amide bonds. The molecule has 5 nitrogen and oxygen atoms in total. The molecule has 0 heterocycles. The van der Waals surface area contributed by atoms with Crippen molar-refractivity contribution in [1.29, 1.82) is 0 Å². The van der Waals surface area contributed by atoms with E-state index in [1.54, 1.807) is 21.1 Å². The standard InChI is InChI=1S/C28H34N2O3/c1-21(31)27(29(2)19-23-15-9-11-17-25(23)32-4)28(22-13-7-6-8-14-22)30(3)20-24-16-10-12-18-26(24)33-5/h6-18,27-28H,19-20H2,1-5H3. The van der Waals surface area contributed by atoms with Gasteiger partial charge in [0.15, 0.2) is 0 Å². The molecule has 0 aliphatic heterocycles. The monoisotopic (exact) mass is 446 g/mol. The molecule has 0 aliphatic rings. The van der Waals surface area contributed by atoms with Gasteiger partial charge < -0.3 is 9.47 Å². The Kier molecular flexibility index (Phi) is 8.64. The highest BCUT2D eigenvalue weighted by molar-refractivity contribution is 5.82. The second-order valence-corrected chi connectivity index (χ2v) is 8.36. The number of Topliss-reactive ketones (excluding diaryl/α,β-unsaturated/α-hetero) is 1. The van der Waals surface area contributed by atoms with E-state index >= 15 is 0 Å². The van der Waals surface area contributed by atoms with E-state index < -0.39 is 0 Å². The SMILES string of the molecule is COc1ccccc1CN(C)C(C(C)=O)C(c1ccccc1)N(C)Cc1ccccc1OC. The molecule has 0 N–H and O–H groups in total. The van der Waals surface area contributed by atoms with Crippen LogP contribution in [-0.2, 0) is 17.9 Å². The number of ether oxygens (including phenoxy) is 2. The molecule has 3 aromatic rings. The lowest BCUT2D eigenvalue weighted by molar-refractivity contribution is -0.124. The highest BCUT2D eigenvalue weighted by atomic mass is 16.5. The van der Waals surface area contributed by atoms with Crippen LogP contribution in [0.4, 0.5) is 0 Å². The van der Waals surface area contributed by atoms with E-state index in [4.69, 9.17) is 9.47 Å². The first-order valence-corrected chi connectivity index (χ1v) is 11.2. The van der Waals surface area contributed by atoms with Gasteiger partial charge in [0.1, 0.15) is 17.3 Å². The number of likely N-dealkylation sites (N-methyl/N-ethyl adjacent to an activating group) is 2. The normalized spacial score (nSPS) is 13.1. The van der Waals surface area contributed by atoms with Gasteiger partial charge in [0, 0.05) is 24.2 Å². The highest BCUT2D eigenvalue weighted by Gasteiger charge is 2.34. The predicted octanol–water partition coefficient (Wildman–Crippen LogP) is 4.97. The number of methoxy groups -OCH3 is 2. The van der Waals surface area contributed by atoms with Crippen LogP contribution in [0.2, 0.25) is 0 Å². The maximum atomic E-state index is 13.1. The first kappa shape index (κ1) is 24.5. The number of benzene rings is 3. The fourth-order valence-corrected chi connectivity index (χ4v) is 4.50. The second kappa shape index (κ2) is 11.6. The van der Waals surface area contributed by atoms with Crippen LogP contribution < -0.4 is 9.47 Å². The van der Waals surface area contributed by atoms with Crippen molar-refractivity contribution < 1.29 is 14.3 Å².